The fraction of sp³-hybridized carbons (Fsp3) is 0.818. The molecule has 0 bridgehead atoms. The van der Waals surface area contributed by atoms with Crippen molar-refractivity contribution in [1.29, 1.82) is 0 Å². The average molecular weight is 196 g/mol. The molecule has 0 saturated heterocycles. The van der Waals surface area contributed by atoms with Gasteiger partial charge in [0, 0.05) is 6.42 Å². The molecule has 3 heteroatoms. The van der Waals surface area contributed by atoms with Crippen LogP contribution in [-0.4, -0.2) is 18.9 Å². The summed E-state index contributed by atoms with van der Waals surface area (Å²) in [6.07, 6.45) is 5.52. The lowest BCUT2D eigenvalue weighted by Crippen LogP contribution is -2.30. The van der Waals surface area contributed by atoms with Crippen molar-refractivity contribution in [1.82, 2.24) is 0 Å². The van der Waals surface area contributed by atoms with Crippen molar-refractivity contribution in [2.24, 2.45) is 11.3 Å². The van der Waals surface area contributed by atoms with Crippen molar-refractivity contribution in [3.63, 3.8) is 0 Å². The topological polar surface area (TPSA) is 43.4 Å². The number of esters is 1. The maximum Gasteiger partial charge on any atom is 0.319 e. The summed E-state index contributed by atoms with van der Waals surface area (Å²) in [4.78, 5) is 23.4. The molecule has 2 atom stereocenters. The number of methoxy groups -OCH3 is 1. The second-order valence-corrected chi connectivity index (χ2v) is 4.39. The molecule has 0 N–H and O–H groups in total. The van der Waals surface area contributed by atoms with Crippen molar-refractivity contribution in [3.05, 3.63) is 0 Å². The van der Waals surface area contributed by atoms with Crippen LogP contribution in [0.3, 0.4) is 0 Å². The first-order valence-corrected chi connectivity index (χ1v) is 5.33. The Balaban J connectivity index is 2.17. The van der Waals surface area contributed by atoms with Crippen LogP contribution in [0.2, 0.25) is 0 Å². The molecule has 0 aromatic rings. The number of rotatable bonds is 1. The Kier molecular flexibility index (Phi) is 2.33. The summed E-state index contributed by atoms with van der Waals surface area (Å²) < 4.78 is 4.74. The summed E-state index contributed by atoms with van der Waals surface area (Å²) in [7, 11) is 1.37. The molecule has 78 valence electrons. The van der Waals surface area contributed by atoms with Crippen LogP contribution in [0.4, 0.5) is 0 Å². The van der Waals surface area contributed by atoms with E-state index in [4.69, 9.17) is 4.74 Å². The Hall–Kier alpha value is -0.860. The molecule has 2 saturated carbocycles. The standard InChI is InChI=1S/C11H16O3/c1-14-10(13)11-7-8(11)5-3-2-4-6-9(11)12/h8H,2-7H2,1H3. The lowest BCUT2D eigenvalue weighted by Gasteiger charge is -2.16. The molecule has 14 heavy (non-hydrogen) atoms. The lowest BCUT2D eigenvalue weighted by atomic mass is 9.89. The highest BCUT2D eigenvalue weighted by molar-refractivity contribution is 6.07. The summed E-state index contributed by atoms with van der Waals surface area (Å²) in [6.45, 7) is 0. The molecule has 0 aromatic carbocycles. The highest BCUT2D eigenvalue weighted by Crippen LogP contribution is 2.58. The zero-order valence-electron chi connectivity index (χ0n) is 8.54. The molecule has 2 unspecified atom stereocenters. The molecule has 2 aliphatic rings. The SMILES string of the molecule is COC(=O)C12CC1CCCCCC2=O. The minimum atomic E-state index is -0.713. The number of ether oxygens (including phenoxy) is 1. The van der Waals surface area contributed by atoms with E-state index in [9.17, 15) is 9.59 Å². The molecule has 2 aliphatic carbocycles. The van der Waals surface area contributed by atoms with Crippen LogP contribution in [0.5, 0.6) is 0 Å². The number of hydrogen-bond acceptors (Lipinski definition) is 3. The van der Waals surface area contributed by atoms with Gasteiger partial charge >= 0.3 is 5.97 Å². The molecule has 0 spiro atoms. The van der Waals surface area contributed by atoms with Gasteiger partial charge in [-0.3, -0.25) is 9.59 Å². The predicted molar refractivity (Wildman–Crippen MR) is 50.6 cm³/mol. The maximum absolute atomic E-state index is 11.8. The van der Waals surface area contributed by atoms with Gasteiger partial charge in [0.05, 0.1) is 7.11 Å². The van der Waals surface area contributed by atoms with Gasteiger partial charge in [-0.05, 0) is 25.2 Å². The van der Waals surface area contributed by atoms with E-state index in [0.717, 1.165) is 32.1 Å². The van der Waals surface area contributed by atoms with Gasteiger partial charge in [-0.1, -0.05) is 12.8 Å². The molecule has 0 radical (unpaired) electrons. The number of hydrogen-bond donors (Lipinski definition) is 0. The van der Waals surface area contributed by atoms with E-state index in [1.165, 1.54) is 7.11 Å². The van der Waals surface area contributed by atoms with E-state index in [-0.39, 0.29) is 17.7 Å². The Morgan fingerprint density at radius 2 is 2.21 bits per heavy atom. The van der Waals surface area contributed by atoms with Crippen molar-refractivity contribution in [2.75, 3.05) is 7.11 Å². The van der Waals surface area contributed by atoms with Crippen molar-refractivity contribution in [3.8, 4) is 0 Å². The van der Waals surface area contributed by atoms with Crippen LogP contribution in [0.15, 0.2) is 0 Å². The van der Waals surface area contributed by atoms with E-state index in [1.54, 1.807) is 0 Å². The summed E-state index contributed by atoms with van der Waals surface area (Å²) in [6, 6.07) is 0. The smallest absolute Gasteiger partial charge is 0.319 e. The molecule has 0 aliphatic heterocycles. The molecule has 2 rings (SSSR count). The van der Waals surface area contributed by atoms with Crippen LogP contribution in [0, 0.1) is 11.3 Å². The summed E-state index contributed by atoms with van der Waals surface area (Å²) in [5.74, 6) is 0.103. The van der Waals surface area contributed by atoms with Crippen molar-refractivity contribution in [2.45, 2.75) is 38.5 Å². The number of carbonyl (C=O) groups excluding carboxylic acids is 2. The van der Waals surface area contributed by atoms with Gasteiger partial charge in [-0.25, -0.2) is 0 Å². The van der Waals surface area contributed by atoms with Crippen molar-refractivity contribution >= 4 is 11.8 Å². The van der Waals surface area contributed by atoms with Crippen molar-refractivity contribution < 1.29 is 14.3 Å². The summed E-state index contributed by atoms with van der Waals surface area (Å²) in [5.41, 5.74) is -0.713. The molecule has 0 aromatic heterocycles. The lowest BCUT2D eigenvalue weighted by molar-refractivity contribution is -0.152. The molecule has 3 nitrogen and oxygen atoms in total. The van der Waals surface area contributed by atoms with Crippen LogP contribution >= 0.6 is 0 Å². The van der Waals surface area contributed by atoms with Gasteiger partial charge in [0.15, 0.2) is 0 Å². The molecular formula is C11H16O3. The average Bonchev–Trinajstić information content (AvgIpc) is 2.88. The Bertz CT molecular complexity index is 272. The van der Waals surface area contributed by atoms with E-state index >= 15 is 0 Å². The van der Waals surface area contributed by atoms with Gasteiger partial charge in [0.25, 0.3) is 0 Å². The number of ketones is 1. The highest BCUT2D eigenvalue weighted by Gasteiger charge is 2.65. The minimum Gasteiger partial charge on any atom is -0.468 e. The second-order valence-electron chi connectivity index (χ2n) is 4.39. The monoisotopic (exact) mass is 196 g/mol. The van der Waals surface area contributed by atoms with Gasteiger partial charge in [0.2, 0.25) is 0 Å². The summed E-state index contributed by atoms with van der Waals surface area (Å²) >= 11 is 0. The van der Waals surface area contributed by atoms with Gasteiger partial charge in [0.1, 0.15) is 11.2 Å². The molecule has 0 heterocycles. The van der Waals surface area contributed by atoms with Crippen LogP contribution < -0.4 is 0 Å². The third kappa shape index (κ3) is 1.26. The Labute approximate surface area is 83.8 Å². The number of carbonyl (C=O) groups is 2. The quantitative estimate of drug-likeness (QED) is 0.473. The zero-order chi connectivity index (χ0) is 10.2. The highest BCUT2D eigenvalue weighted by atomic mass is 16.5. The maximum atomic E-state index is 11.8. The molecule has 2 fully saturated rings. The number of fused-ring (bicyclic) bond motifs is 1. The number of Topliss-reactive ketones (excluding diaryl/α,β-unsaturated/α-hetero) is 1. The Morgan fingerprint density at radius 1 is 1.43 bits per heavy atom. The normalized spacial score (nSPS) is 36.6. The third-order valence-electron chi connectivity index (χ3n) is 3.61. The largest absolute Gasteiger partial charge is 0.468 e. The second kappa shape index (κ2) is 3.37. The Morgan fingerprint density at radius 3 is 2.93 bits per heavy atom. The fourth-order valence-corrected chi connectivity index (χ4v) is 2.64. The summed E-state index contributed by atoms with van der Waals surface area (Å²) in [5, 5.41) is 0. The van der Waals surface area contributed by atoms with Crippen LogP contribution in [0.1, 0.15) is 38.5 Å². The first-order chi connectivity index (χ1) is 6.71. The zero-order valence-corrected chi connectivity index (χ0v) is 8.54. The van der Waals surface area contributed by atoms with Gasteiger partial charge in [-0.15, -0.1) is 0 Å². The van der Waals surface area contributed by atoms with Crippen LogP contribution in [-0.2, 0) is 14.3 Å². The predicted octanol–water partition coefficient (Wildman–Crippen LogP) is 1.70. The minimum absolute atomic E-state index is 0.119. The van der Waals surface area contributed by atoms with E-state index in [1.807, 2.05) is 0 Å². The third-order valence-corrected chi connectivity index (χ3v) is 3.61. The first-order valence-electron chi connectivity index (χ1n) is 5.33. The van der Waals surface area contributed by atoms with E-state index in [0.29, 0.717) is 6.42 Å². The van der Waals surface area contributed by atoms with Gasteiger partial charge < -0.3 is 4.74 Å². The fourth-order valence-electron chi connectivity index (χ4n) is 2.64. The molecular weight excluding hydrogens is 180 g/mol. The van der Waals surface area contributed by atoms with E-state index in [2.05, 4.69) is 0 Å². The first kappa shape index (κ1) is 9.69. The molecule has 0 amide bonds. The van der Waals surface area contributed by atoms with Gasteiger partial charge in [-0.2, -0.15) is 0 Å². The van der Waals surface area contributed by atoms with Crippen LogP contribution in [0.25, 0.3) is 0 Å². The van der Waals surface area contributed by atoms with E-state index < -0.39 is 5.41 Å².